The van der Waals surface area contributed by atoms with Crippen LogP contribution < -0.4 is 10.2 Å². The van der Waals surface area contributed by atoms with Crippen LogP contribution in [0.3, 0.4) is 0 Å². The average Bonchev–Trinajstić information content (AvgIpc) is 3.64. The first-order valence-corrected chi connectivity index (χ1v) is 13.3. The molecule has 0 saturated carbocycles. The highest BCUT2D eigenvalue weighted by Crippen LogP contribution is 2.26. The van der Waals surface area contributed by atoms with Crippen LogP contribution in [-0.2, 0) is 20.7 Å². The van der Waals surface area contributed by atoms with E-state index in [2.05, 4.69) is 51.4 Å². The number of aryl methyl sites for hydroxylation is 1. The first-order valence-electron chi connectivity index (χ1n) is 12.9. The maximum absolute atomic E-state index is 13.2. The number of carbonyl (C=O) groups is 2. The molecular weight excluding hydrogens is 506 g/mol. The van der Waals surface area contributed by atoms with E-state index in [1.54, 1.807) is 29.4 Å². The van der Waals surface area contributed by atoms with Gasteiger partial charge in [-0.05, 0) is 25.3 Å². The molecule has 11 heteroatoms. The Kier molecular flexibility index (Phi) is 8.19. The lowest BCUT2D eigenvalue weighted by Gasteiger charge is -2.42. The summed E-state index contributed by atoms with van der Waals surface area (Å²) in [7, 11) is 0. The van der Waals surface area contributed by atoms with E-state index in [0.29, 0.717) is 56.3 Å². The number of benzene rings is 1. The number of aromatic nitrogens is 4. The lowest BCUT2D eigenvalue weighted by molar-refractivity contribution is -0.137. The van der Waals surface area contributed by atoms with Gasteiger partial charge in [-0.2, -0.15) is 4.98 Å². The number of nitrogens with one attached hydrogen (secondary N) is 1. The molecule has 1 aromatic carbocycles. The second kappa shape index (κ2) is 11.9. The van der Waals surface area contributed by atoms with Gasteiger partial charge in [0.2, 0.25) is 17.8 Å². The van der Waals surface area contributed by atoms with Crippen LogP contribution in [0.4, 0.5) is 5.82 Å². The van der Waals surface area contributed by atoms with Crippen molar-refractivity contribution in [3.63, 3.8) is 0 Å². The molecule has 0 aliphatic carbocycles. The standard InChI is InChI=1S/C27H32ClN7O3/c1-19-2-4-20(5-3-19)6-8-30-25(36)14-22-16-33(26(37)21-7-13-38-17-21)11-12-35(22)24-15-23(28)31-27(32-24)34-10-9-29-18-34/h2-5,9-10,15,18,21-22H,6-8,11-14,16-17H2,1H3,(H,30,36). The molecule has 5 rings (SSSR count). The fourth-order valence-electron chi connectivity index (χ4n) is 4.94. The third kappa shape index (κ3) is 6.31. The van der Waals surface area contributed by atoms with Crippen LogP contribution >= 0.6 is 11.6 Å². The van der Waals surface area contributed by atoms with Crippen LogP contribution in [0.25, 0.3) is 5.95 Å². The van der Waals surface area contributed by atoms with Gasteiger partial charge in [0.25, 0.3) is 0 Å². The molecule has 2 aromatic heterocycles. The number of imidazole rings is 1. The number of anilines is 1. The van der Waals surface area contributed by atoms with Crippen molar-refractivity contribution in [2.45, 2.75) is 32.2 Å². The van der Waals surface area contributed by atoms with Gasteiger partial charge in [0.15, 0.2) is 0 Å². The molecule has 0 spiro atoms. The fraction of sp³-hybridized carbons (Fsp3) is 0.444. The van der Waals surface area contributed by atoms with Crippen molar-refractivity contribution in [2.75, 3.05) is 44.3 Å². The van der Waals surface area contributed by atoms with Crippen molar-refractivity contribution in [1.82, 2.24) is 29.7 Å². The number of hydrogen-bond acceptors (Lipinski definition) is 7. The quantitative estimate of drug-likeness (QED) is 0.440. The van der Waals surface area contributed by atoms with Gasteiger partial charge in [-0.3, -0.25) is 14.2 Å². The van der Waals surface area contributed by atoms with Crippen LogP contribution in [0.2, 0.25) is 5.15 Å². The second-order valence-corrected chi connectivity index (χ2v) is 10.2. The SMILES string of the molecule is Cc1ccc(CCNC(=O)CC2CN(C(=O)C3CCOC3)CCN2c2cc(Cl)nc(-n3ccnc3)n2)cc1. The maximum Gasteiger partial charge on any atom is 0.238 e. The summed E-state index contributed by atoms with van der Waals surface area (Å²) >= 11 is 6.37. The zero-order valence-electron chi connectivity index (χ0n) is 21.4. The van der Waals surface area contributed by atoms with Crippen LogP contribution in [0, 0.1) is 12.8 Å². The van der Waals surface area contributed by atoms with E-state index < -0.39 is 0 Å². The highest BCUT2D eigenvalue weighted by Gasteiger charge is 2.36. The van der Waals surface area contributed by atoms with Gasteiger partial charge in [-0.15, -0.1) is 0 Å². The number of halogens is 1. The van der Waals surface area contributed by atoms with Crippen molar-refractivity contribution in [3.8, 4) is 5.95 Å². The highest BCUT2D eigenvalue weighted by atomic mass is 35.5. The molecular formula is C27H32ClN7O3. The summed E-state index contributed by atoms with van der Waals surface area (Å²) < 4.78 is 7.12. The summed E-state index contributed by atoms with van der Waals surface area (Å²) in [5.41, 5.74) is 2.38. The van der Waals surface area contributed by atoms with E-state index in [9.17, 15) is 9.59 Å². The average molecular weight is 538 g/mol. The molecule has 3 aromatic rings. The predicted molar refractivity (Wildman–Crippen MR) is 143 cm³/mol. The number of carbonyl (C=O) groups excluding carboxylic acids is 2. The van der Waals surface area contributed by atoms with Gasteiger partial charge < -0.3 is 19.9 Å². The first-order chi connectivity index (χ1) is 18.5. The molecule has 2 aliphatic heterocycles. The summed E-state index contributed by atoms with van der Waals surface area (Å²) in [6.45, 7) is 5.14. The zero-order chi connectivity index (χ0) is 26.5. The van der Waals surface area contributed by atoms with Gasteiger partial charge >= 0.3 is 0 Å². The van der Waals surface area contributed by atoms with Crippen LogP contribution in [-0.4, -0.2) is 81.7 Å². The van der Waals surface area contributed by atoms with Crippen molar-refractivity contribution >= 4 is 29.2 Å². The smallest absolute Gasteiger partial charge is 0.238 e. The third-order valence-electron chi connectivity index (χ3n) is 7.05. The lowest BCUT2D eigenvalue weighted by Crippen LogP contribution is -2.57. The molecule has 1 N–H and O–H groups in total. The molecule has 0 bridgehead atoms. The van der Waals surface area contributed by atoms with Crippen molar-refractivity contribution in [2.24, 2.45) is 5.92 Å². The molecule has 2 aliphatic rings. The zero-order valence-corrected chi connectivity index (χ0v) is 22.2. The van der Waals surface area contributed by atoms with Crippen molar-refractivity contribution < 1.29 is 14.3 Å². The van der Waals surface area contributed by atoms with E-state index in [4.69, 9.17) is 21.3 Å². The molecule has 200 valence electrons. The van der Waals surface area contributed by atoms with E-state index in [0.717, 1.165) is 12.8 Å². The second-order valence-electron chi connectivity index (χ2n) is 9.80. The first kappa shape index (κ1) is 26.1. The summed E-state index contributed by atoms with van der Waals surface area (Å²) in [5, 5.41) is 3.34. The van der Waals surface area contributed by atoms with Crippen LogP contribution in [0.15, 0.2) is 49.1 Å². The molecule has 4 heterocycles. The Balaban J connectivity index is 1.30. The number of ether oxygens (including phenoxy) is 1. The normalized spacial score (nSPS) is 19.5. The number of hydrogen-bond donors (Lipinski definition) is 1. The van der Waals surface area contributed by atoms with Gasteiger partial charge in [0, 0.05) is 57.7 Å². The topological polar surface area (TPSA) is 105 Å². The highest BCUT2D eigenvalue weighted by molar-refractivity contribution is 6.29. The predicted octanol–water partition coefficient (Wildman–Crippen LogP) is 2.43. The van der Waals surface area contributed by atoms with Gasteiger partial charge in [0.05, 0.1) is 18.6 Å². The molecule has 2 atom stereocenters. The Labute approximate surface area is 227 Å². The number of amides is 2. The third-order valence-corrected chi connectivity index (χ3v) is 7.24. The molecule has 2 unspecified atom stereocenters. The van der Waals surface area contributed by atoms with E-state index in [1.165, 1.54) is 11.1 Å². The van der Waals surface area contributed by atoms with Gasteiger partial charge in [-0.25, -0.2) is 9.97 Å². The number of nitrogens with zero attached hydrogens (tertiary/aromatic N) is 6. The van der Waals surface area contributed by atoms with E-state index in [-0.39, 0.29) is 30.2 Å². The Morgan fingerprint density at radius 2 is 2.03 bits per heavy atom. The summed E-state index contributed by atoms with van der Waals surface area (Å²) in [5.74, 6) is 0.912. The van der Waals surface area contributed by atoms with Crippen molar-refractivity contribution in [1.29, 1.82) is 0 Å². The molecule has 2 amide bonds. The number of rotatable bonds is 8. The summed E-state index contributed by atoms with van der Waals surface area (Å²) in [6, 6.07) is 9.74. The minimum atomic E-state index is -0.268. The van der Waals surface area contributed by atoms with Gasteiger partial charge in [0.1, 0.15) is 17.3 Å². The van der Waals surface area contributed by atoms with Crippen LogP contribution in [0.1, 0.15) is 24.0 Å². The molecule has 38 heavy (non-hydrogen) atoms. The summed E-state index contributed by atoms with van der Waals surface area (Å²) in [6.07, 6.45) is 6.70. The number of piperazine rings is 1. The van der Waals surface area contributed by atoms with E-state index >= 15 is 0 Å². The van der Waals surface area contributed by atoms with Crippen LogP contribution in [0.5, 0.6) is 0 Å². The minimum absolute atomic E-state index is 0.0689. The Hall–Kier alpha value is -3.50. The Morgan fingerprint density at radius 3 is 2.76 bits per heavy atom. The summed E-state index contributed by atoms with van der Waals surface area (Å²) in [4.78, 5) is 43.2. The Morgan fingerprint density at radius 1 is 1.18 bits per heavy atom. The monoisotopic (exact) mass is 537 g/mol. The largest absolute Gasteiger partial charge is 0.381 e. The lowest BCUT2D eigenvalue weighted by atomic mass is 10.0. The van der Waals surface area contributed by atoms with E-state index in [1.807, 2.05) is 4.90 Å². The molecule has 2 saturated heterocycles. The molecule has 0 radical (unpaired) electrons. The van der Waals surface area contributed by atoms with Crippen molar-refractivity contribution in [3.05, 3.63) is 65.3 Å². The van der Waals surface area contributed by atoms with Gasteiger partial charge in [-0.1, -0.05) is 41.4 Å². The molecule has 2 fully saturated rings. The molecule has 10 nitrogen and oxygen atoms in total. The Bertz CT molecular complexity index is 1250. The fourth-order valence-corrected chi connectivity index (χ4v) is 5.11. The maximum atomic E-state index is 13.2. The minimum Gasteiger partial charge on any atom is -0.381 e.